The maximum atomic E-state index is 9.44. The Morgan fingerprint density at radius 3 is 1.75 bits per heavy atom. The summed E-state index contributed by atoms with van der Waals surface area (Å²) in [4.78, 5) is 2.01. The van der Waals surface area contributed by atoms with E-state index in [-0.39, 0.29) is 12.4 Å². The molecule has 0 amide bonds. The highest BCUT2D eigenvalue weighted by Gasteiger charge is 2.24. The molecule has 0 heterocycles. The van der Waals surface area contributed by atoms with Gasteiger partial charge in [0, 0.05) is 6.54 Å². The molecule has 0 spiro atoms. The van der Waals surface area contributed by atoms with Crippen LogP contribution >= 0.6 is 0 Å². The Bertz CT molecular complexity index is 540. The predicted molar refractivity (Wildman–Crippen MR) is 103 cm³/mol. The van der Waals surface area contributed by atoms with Crippen molar-refractivity contribution in [3.05, 3.63) is 71.8 Å². The summed E-state index contributed by atoms with van der Waals surface area (Å²) in [6.45, 7) is 10.1. The third kappa shape index (κ3) is 7.26. The van der Waals surface area contributed by atoms with Gasteiger partial charge in [-0.05, 0) is 37.9 Å². The van der Waals surface area contributed by atoms with E-state index in [1.165, 1.54) is 11.1 Å². The Kier molecular flexibility index (Phi) is 9.31. The lowest BCUT2D eigenvalue weighted by molar-refractivity contribution is -0.00128. The number of rotatable bonds is 7. The summed E-state index contributed by atoms with van der Waals surface area (Å²) in [5.41, 5.74) is 2.43. The minimum atomic E-state index is -0.195. The first kappa shape index (κ1) is 20.4. The minimum Gasteiger partial charge on any atom is -0.381 e. The maximum Gasteiger partial charge on any atom is 0.0973 e. The van der Waals surface area contributed by atoms with Gasteiger partial charge in [-0.25, -0.2) is 0 Å². The molecule has 0 saturated heterocycles. The van der Waals surface area contributed by atoms with Gasteiger partial charge in [-0.2, -0.15) is 0 Å². The van der Waals surface area contributed by atoms with Crippen molar-refractivity contribution >= 4 is 0 Å². The number of hydrogen-bond donors (Lipinski definition) is 2. The molecule has 3 nitrogen and oxygen atoms in total. The lowest BCUT2D eigenvalue weighted by atomic mass is 10.1. The van der Waals surface area contributed by atoms with Crippen LogP contribution in [0.15, 0.2) is 60.7 Å². The average Bonchev–Trinajstić information content (AvgIpc) is 2.61. The molecule has 2 aromatic rings. The molecule has 0 fully saturated rings. The molecule has 2 N–H and O–H groups in total. The summed E-state index contributed by atoms with van der Waals surface area (Å²) in [6.07, 6.45) is 1.14. The predicted octanol–water partition coefficient (Wildman–Crippen LogP) is 4.03. The van der Waals surface area contributed by atoms with Crippen molar-refractivity contribution in [2.75, 3.05) is 13.3 Å². The van der Waals surface area contributed by atoms with Gasteiger partial charge < -0.3 is 5.11 Å². The maximum absolute atomic E-state index is 9.44. The molecule has 0 unspecified atom stereocenters. The number of hydrogen-bond acceptors (Lipinski definition) is 3. The molecule has 0 radical (unpaired) electrons. The normalized spacial score (nSPS) is 11.1. The van der Waals surface area contributed by atoms with Gasteiger partial charge in [-0.1, -0.05) is 74.5 Å². The molecule has 0 aliphatic rings. The average molecular weight is 329 g/mol. The first-order valence-electron chi connectivity index (χ1n) is 8.72. The first-order valence-corrected chi connectivity index (χ1v) is 8.72. The molecule has 0 bridgehead atoms. The fourth-order valence-corrected chi connectivity index (χ4v) is 2.49. The van der Waals surface area contributed by atoms with Crippen LogP contribution in [0.5, 0.6) is 0 Å². The molecular weight excluding hydrogens is 296 g/mol. The van der Waals surface area contributed by atoms with Crippen LogP contribution in [0.4, 0.5) is 0 Å². The van der Waals surface area contributed by atoms with Crippen LogP contribution in [-0.4, -0.2) is 28.9 Å². The lowest BCUT2D eigenvalue weighted by Gasteiger charge is -2.37. The van der Waals surface area contributed by atoms with Crippen molar-refractivity contribution in [1.82, 2.24) is 10.2 Å². The molecule has 2 rings (SSSR count). The zero-order chi connectivity index (χ0) is 17.8. The Balaban J connectivity index is 0.000000300. The monoisotopic (exact) mass is 328 g/mol. The third-order valence-electron chi connectivity index (χ3n) is 4.04. The van der Waals surface area contributed by atoms with Gasteiger partial charge in [0.05, 0.1) is 12.4 Å². The molecule has 3 heteroatoms. The fraction of sp³-hybridized carbons (Fsp3) is 0.429. The van der Waals surface area contributed by atoms with E-state index < -0.39 is 0 Å². The second kappa shape index (κ2) is 11.0. The highest BCUT2D eigenvalue weighted by atomic mass is 16.3. The zero-order valence-electron chi connectivity index (χ0n) is 15.5. The summed E-state index contributed by atoms with van der Waals surface area (Å²) >= 11 is 0. The van der Waals surface area contributed by atoms with E-state index in [0.717, 1.165) is 19.5 Å². The van der Waals surface area contributed by atoms with Crippen LogP contribution in [0.25, 0.3) is 0 Å². The summed E-state index contributed by atoms with van der Waals surface area (Å²) in [5.74, 6) is 0. The lowest BCUT2D eigenvalue weighted by Crippen LogP contribution is -2.54. The number of aryl methyl sites for hydroxylation is 1. The minimum absolute atomic E-state index is 0.0505. The molecule has 0 aromatic heterocycles. The molecule has 24 heavy (non-hydrogen) atoms. The fourth-order valence-electron chi connectivity index (χ4n) is 2.49. The van der Waals surface area contributed by atoms with Gasteiger partial charge in [0.2, 0.25) is 0 Å². The van der Waals surface area contributed by atoms with Gasteiger partial charge in [0.15, 0.2) is 0 Å². The van der Waals surface area contributed by atoms with Crippen molar-refractivity contribution in [1.29, 1.82) is 0 Å². The smallest absolute Gasteiger partial charge is 0.0973 e. The third-order valence-corrected chi connectivity index (χ3v) is 4.04. The van der Waals surface area contributed by atoms with Crippen LogP contribution < -0.4 is 5.32 Å². The van der Waals surface area contributed by atoms with Crippen molar-refractivity contribution in [2.24, 2.45) is 0 Å². The van der Waals surface area contributed by atoms with E-state index in [2.05, 4.69) is 69.4 Å². The number of nitrogens with zero attached hydrogens (tertiary/aromatic N) is 1. The molecule has 132 valence electrons. The quantitative estimate of drug-likeness (QED) is 0.753. The molecule has 0 atom stereocenters. The van der Waals surface area contributed by atoms with Crippen molar-refractivity contribution in [3.8, 4) is 0 Å². The van der Waals surface area contributed by atoms with E-state index >= 15 is 0 Å². The van der Waals surface area contributed by atoms with E-state index in [4.69, 9.17) is 0 Å². The number of aliphatic hydroxyl groups is 1. The van der Waals surface area contributed by atoms with Crippen LogP contribution in [0.2, 0.25) is 0 Å². The number of benzene rings is 2. The highest BCUT2D eigenvalue weighted by Crippen LogP contribution is 2.14. The van der Waals surface area contributed by atoms with E-state index in [0.29, 0.717) is 0 Å². The molecular formula is C21H32N2O. The Labute approximate surface area is 147 Å². The van der Waals surface area contributed by atoms with Crippen LogP contribution in [0.3, 0.4) is 0 Å². The molecule has 0 saturated carbocycles. The van der Waals surface area contributed by atoms with Gasteiger partial charge >= 0.3 is 0 Å². The summed E-state index contributed by atoms with van der Waals surface area (Å²) in [6, 6.07) is 20.6. The SMILES string of the molecule is CCNC(C)(C)N(CO)Cc1ccccc1.CCc1ccccc1. The molecule has 2 aromatic carbocycles. The second-order valence-electron chi connectivity index (χ2n) is 6.25. The van der Waals surface area contributed by atoms with Gasteiger partial charge in [-0.3, -0.25) is 10.2 Å². The summed E-state index contributed by atoms with van der Waals surface area (Å²) in [5, 5.41) is 12.8. The van der Waals surface area contributed by atoms with Gasteiger partial charge in [0.1, 0.15) is 0 Å². The molecule has 0 aliphatic carbocycles. The van der Waals surface area contributed by atoms with Gasteiger partial charge in [0.25, 0.3) is 0 Å². The standard InChI is InChI=1S/C13H22N2O.C8H10/c1-4-14-13(2,3)15(11-16)10-12-8-6-5-7-9-12;1-2-8-6-4-3-5-7-8/h5-9,14,16H,4,10-11H2,1-3H3;3-7H,2H2,1H3. The number of nitrogens with one attached hydrogen (secondary N) is 1. The topological polar surface area (TPSA) is 35.5 Å². The van der Waals surface area contributed by atoms with E-state index in [1.54, 1.807) is 0 Å². The van der Waals surface area contributed by atoms with Crippen molar-refractivity contribution < 1.29 is 5.11 Å². The zero-order valence-corrected chi connectivity index (χ0v) is 15.5. The van der Waals surface area contributed by atoms with Crippen molar-refractivity contribution in [3.63, 3.8) is 0 Å². The Hall–Kier alpha value is -1.68. The molecule has 0 aliphatic heterocycles. The van der Waals surface area contributed by atoms with Crippen LogP contribution in [-0.2, 0) is 13.0 Å². The second-order valence-corrected chi connectivity index (χ2v) is 6.25. The summed E-state index contributed by atoms with van der Waals surface area (Å²) < 4.78 is 0. The van der Waals surface area contributed by atoms with E-state index in [1.807, 2.05) is 29.2 Å². The number of aliphatic hydroxyl groups excluding tert-OH is 1. The van der Waals surface area contributed by atoms with Crippen LogP contribution in [0, 0.1) is 0 Å². The Morgan fingerprint density at radius 2 is 1.38 bits per heavy atom. The van der Waals surface area contributed by atoms with Crippen molar-refractivity contribution in [2.45, 2.75) is 46.3 Å². The van der Waals surface area contributed by atoms with Gasteiger partial charge in [-0.15, -0.1) is 0 Å². The van der Waals surface area contributed by atoms with Crippen LogP contribution in [0.1, 0.15) is 38.8 Å². The summed E-state index contributed by atoms with van der Waals surface area (Å²) in [7, 11) is 0. The largest absolute Gasteiger partial charge is 0.381 e. The highest BCUT2D eigenvalue weighted by molar-refractivity contribution is 5.15. The van der Waals surface area contributed by atoms with E-state index in [9.17, 15) is 5.11 Å². The first-order chi connectivity index (χ1) is 11.5. The Morgan fingerprint density at radius 1 is 0.875 bits per heavy atom.